The SMILES string of the molecule is [2H]C([2H])([2H])OC([2H])([2H])C([2H])([2H])Oc1ccc(Nc2ncc(F)c(Nc3cccc(N)c3)n2)cc1. The van der Waals surface area contributed by atoms with E-state index in [9.17, 15) is 4.39 Å². The number of methoxy groups -OCH3 is 1. The summed E-state index contributed by atoms with van der Waals surface area (Å²) in [6, 6.07) is 12.2. The molecule has 0 amide bonds. The second-order valence-electron chi connectivity index (χ2n) is 5.20. The molecule has 7 nitrogen and oxygen atoms in total. The van der Waals surface area contributed by atoms with Gasteiger partial charge in [0.15, 0.2) is 11.6 Å². The van der Waals surface area contributed by atoms with Crippen LogP contribution in [-0.4, -0.2) is 30.1 Å². The second-order valence-corrected chi connectivity index (χ2v) is 5.20. The number of halogens is 1. The number of rotatable bonds is 8. The Morgan fingerprint density at radius 1 is 1.15 bits per heavy atom. The lowest BCUT2D eigenvalue weighted by molar-refractivity contribution is 0.146. The lowest BCUT2D eigenvalue weighted by atomic mass is 10.3. The molecule has 8 heteroatoms. The maximum atomic E-state index is 14.1. The minimum Gasteiger partial charge on any atom is -0.491 e. The van der Waals surface area contributed by atoms with Crippen LogP contribution in [0, 0.1) is 5.82 Å². The van der Waals surface area contributed by atoms with Gasteiger partial charge in [-0.1, -0.05) is 6.07 Å². The molecule has 0 atom stereocenters. The highest BCUT2D eigenvalue weighted by Crippen LogP contribution is 2.22. The first-order valence-corrected chi connectivity index (χ1v) is 7.65. The fraction of sp³-hybridized carbons (Fsp3) is 0.158. The van der Waals surface area contributed by atoms with E-state index in [0.717, 1.165) is 6.20 Å². The number of hydrogen-bond acceptors (Lipinski definition) is 7. The number of aromatic nitrogens is 2. The first-order chi connectivity index (χ1) is 15.7. The van der Waals surface area contributed by atoms with Gasteiger partial charge in [0.25, 0.3) is 0 Å². The number of ether oxygens (including phenoxy) is 2. The lowest BCUT2D eigenvalue weighted by Crippen LogP contribution is -2.05. The molecular weight excluding hydrogens is 349 g/mol. The summed E-state index contributed by atoms with van der Waals surface area (Å²) >= 11 is 0. The summed E-state index contributed by atoms with van der Waals surface area (Å²) in [6.07, 6.45) is 0.975. The van der Waals surface area contributed by atoms with Gasteiger partial charge < -0.3 is 25.8 Å². The molecule has 0 radical (unpaired) electrons. The lowest BCUT2D eigenvalue weighted by Gasteiger charge is -2.10. The van der Waals surface area contributed by atoms with Crippen molar-refractivity contribution in [3.05, 3.63) is 60.5 Å². The number of nitrogen functional groups attached to an aromatic ring is 1. The molecule has 3 rings (SSSR count). The summed E-state index contributed by atoms with van der Waals surface area (Å²) < 4.78 is 74.8. The summed E-state index contributed by atoms with van der Waals surface area (Å²) in [5, 5.41) is 5.65. The number of nitrogens with zero attached hydrogens (tertiary/aromatic N) is 2. The van der Waals surface area contributed by atoms with Gasteiger partial charge in [-0.25, -0.2) is 9.37 Å². The zero-order valence-electron chi connectivity index (χ0n) is 20.9. The molecule has 0 unspecified atom stereocenters. The maximum absolute atomic E-state index is 14.1. The highest BCUT2D eigenvalue weighted by Gasteiger charge is 2.08. The van der Waals surface area contributed by atoms with Crippen molar-refractivity contribution in [2.75, 3.05) is 36.5 Å². The molecule has 0 aliphatic rings. The predicted molar refractivity (Wildman–Crippen MR) is 103 cm³/mol. The second kappa shape index (κ2) is 8.81. The molecule has 4 N–H and O–H groups in total. The van der Waals surface area contributed by atoms with Gasteiger partial charge in [-0.15, -0.1) is 0 Å². The third-order valence-electron chi connectivity index (χ3n) is 3.27. The standard InChI is InChI=1S/C19H20FN5O2/c1-26-9-10-27-16-7-5-14(6-8-16)24-19-22-12-17(20)18(25-19)23-15-4-2-3-13(21)11-15/h2-8,11-12H,9-10,21H2,1H3,(H2,22,23,24,25)/i1D3,9D2,10D2. The fourth-order valence-corrected chi connectivity index (χ4v) is 2.10. The van der Waals surface area contributed by atoms with E-state index in [2.05, 4.69) is 25.3 Å². The van der Waals surface area contributed by atoms with Crippen molar-refractivity contribution in [3.63, 3.8) is 0 Å². The van der Waals surface area contributed by atoms with E-state index in [1.54, 1.807) is 24.3 Å². The van der Waals surface area contributed by atoms with E-state index in [1.807, 2.05) is 0 Å². The van der Waals surface area contributed by atoms with Gasteiger partial charge in [0.1, 0.15) is 12.3 Å². The highest BCUT2D eigenvalue weighted by atomic mass is 19.1. The van der Waals surface area contributed by atoms with Crippen molar-refractivity contribution < 1.29 is 23.5 Å². The van der Waals surface area contributed by atoms with Crippen LogP contribution in [0.2, 0.25) is 0 Å². The average Bonchev–Trinajstić information content (AvgIpc) is 2.70. The quantitative estimate of drug-likeness (QED) is 0.516. The molecule has 0 saturated carbocycles. The van der Waals surface area contributed by atoms with Crippen molar-refractivity contribution in [2.45, 2.75) is 0 Å². The third-order valence-corrected chi connectivity index (χ3v) is 3.27. The van der Waals surface area contributed by atoms with Gasteiger partial charge in [0, 0.05) is 24.1 Å². The van der Waals surface area contributed by atoms with E-state index < -0.39 is 26.0 Å². The zero-order valence-corrected chi connectivity index (χ0v) is 13.9. The third kappa shape index (κ3) is 5.29. The summed E-state index contributed by atoms with van der Waals surface area (Å²) in [5.41, 5.74) is 7.16. The van der Waals surface area contributed by atoms with E-state index >= 15 is 0 Å². The van der Waals surface area contributed by atoms with Crippen molar-refractivity contribution in [1.29, 1.82) is 0 Å². The first-order valence-electron chi connectivity index (χ1n) is 11.2. The monoisotopic (exact) mass is 376 g/mol. The molecule has 0 aliphatic heterocycles. The Bertz CT molecular complexity index is 1150. The predicted octanol–water partition coefficient (Wildman–Crippen LogP) is 3.71. The summed E-state index contributed by atoms with van der Waals surface area (Å²) in [5.74, 6) is -0.822. The van der Waals surface area contributed by atoms with Gasteiger partial charge >= 0.3 is 0 Å². The molecular formula is C19H20FN5O2. The van der Waals surface area contributed by atoms with Crippen LogP contribution in [0.1, 0.15) is 9.60 Å². The summed E-state index contributed by atoms with van der Waals surface area (Å²) in [7, 11) is -3.16. The number of nitrogens with one attached hydrogen (secondary N) is 2. The van der Waals surface area contributed by atoms with Crippen molar-refractivity contribution in [2.24, 2.45) is 0 Å². The molecule has 0 fully saturated rings. The maximum Gasteiger partial charge on any atom is 0.229 e. The topological polar surface area (TPSA) is 94.3 Å². The Balaban J connectivity index is 1.70. The highest BCUT2D eigenvalue weighted by molar-refractivity contribution is 5.63. The smallest absolute Gasteiger partial charge is 0.229 e. The van der Waals surface area contributed by atoms with Crippen LogP contribution in [0.3, 0.4) is 0 Å². The van der Waals surface area contributed by atoms with Gasteiger partial charge in [-0.05, 0) is 42.5 Å². The molecule has 1 heterocycles. The van der Waals surface area contributed by atoms with E-state index in [-0.39, 0.29) is 17.5 Å². The van der Waals surface area contributed by atoms with Crippen molar-refractivity contribution in [1.82, 2.24) is 9.97 Å². The Morgan fingerprint density at radius 2 is 2.00 bits per heavy atom. The van der Waals surface area contributed by atoms with Gasteiger partial charge in [0.05, 0.1) is 22.4 Å². The number of nitrogens with two attached hydrogens (primary N) is 1. The van der Waals surface area contributed by atoms with Crippen LogP contribution in [0.5, 0.6) is 5.75 Å². The van der Waals surface area contributed by atoms with Crippen LogP contribution in [0.15, 0.2) is 54.7 Å². The summed E-state index contributed by atoms with van der Waals surface area (Å²) in [4.78, 5) is 7.95. The van der Waals surface area contributed by atoms with Crippen LogP contribution in [-0.2, 0) is 4.74 Å². The molecule has 27 heavy (non-hydrogen) atoms. The van der Waals surface area contributed by atoms with Gasteiger partial charge in [-0.3, -0.25) is 0 Å². The molecule has 0 spiro atoms. The minimum absolute atomic E-state index is 0.0548. The van der Waals surface area contributed by atoms with Gasteiger partial charge in [0.2, 0.25) is 5.95 Å². The average molecular weight is 376 g/mol. The molecule has 1 aromatic heterocycles. The Kier molecular flexibility index (Phi) is 3.71. The molecule has 0 aliphatic carbocycles. The zero-order chi connectivity index (χ0) is 25.1. The van der Waals surface area contributed by atoms with E-state index in [1.165, 1.54) is 24.3 Å². The van der Waals surface area contributed by atoms with Crippen LogP contribution in [0.4, 0.5) is 33.2 Å². The molecule has 3 aromatic rings. The van der Waals surface area contributed by atoms with E-state index in [4.69, 9.17) is 20.1 Å². The van der Waals surface area contributed by atoms with Crippen molar-refractivity contribution in [3.8, 4) is 5.75 Å². The number of anilines is 5. The Labute approximate surface area is 166 Å². The van der Waals surface area contributed by atoms with E-state index in [0.29, 0.717) is 17.1 Å². The molecule has 2 aromatic carbocycles. The molecule has 0 saturated heterocycles. The van der Waals surface area contributed by atoms with Crippen LogP contribution < -0.4 is 21.1 Å². The number of benzene rings is 2. The number of hydrogen-bond donors (Lipinski definition) is 3. The molecule has 140 valence electrons. The minimum atomic E-state index is -3.26. The van der Waals surface area contributed by atoms with Crippen LogP contribution in [0.25, 0.3) is 0 Å². The fourth-order valence-electron chi connectivity index (χ4n) is 2.10. The normalized spacial score (nSPS) is 15.8. The first kappa shape index (κ1) is 11.3. The van der Waals surface area contributed by atoms with Gasteiger partial charge in [-0.2, -0.15) is 4.98 Å². The Morgan fingerprint density at radius 3 is 2.78 bits per heavy atom. The largest absolute Gasteiger partial charge is 0.491 e. The van der Waals surface area contributed by atoms with Crippen molar-refractivity contribution >= 4 is 28.8 Å². The van der Waals surface area contributed by atoms with Crippen LogP contribution >= 0.6 is 0 Å². The summed E-state index contributed by atoms with van der Waals surface area (Å²) in [6.45, 7) is -6.37. The molecule has 0 bridgehead atoms. The Hall–Kier alpha value is -3.39.